The van der Waals surface area contributed by atoms with E-state index in [0.29, 0.717) is 0 Å². The molecule has 1 aromatic rings. The van der Waals surface area contributed by atoms with Crippen LogP contribution in [0.25, 0.3) is 0 Å². The van der Waals surface area contributed by atoms with Crippen LogP contribution in [0.2, 0.25) is 0 Å². The van der Waals surface area contributed by atoms with Crippen molar-refractivity contribution < 1.29 is 4.74 Å². The first-order valence-corrected chi connectivity index (χ1v) is 10.4. The fourth-order valence-corrected chi connectivity index (χ4v) is 4.42. The van der Waals surface area contributed by atoms with Gasteiger partial charge in [0.2, 0.25) is 0 Å². The largest absolute Gasteiger partial charge is 0.497 e. The number of thioether (sulfide) groups is 1. The smallest absolute Gasteiger partial charge is 0.191 e. The van der Waals surface area contributed by atoms with Gasteiger partial charge in [-0.2, -0.15) is 11.8 Å². The molecule has 26 heavy (non-hydrogen) atoms. The third-order valence-electron chi connectivity index (χ3n) is 4.78. The summed E-state index contributed by atoms with van der Waals surface area (Å²) in [6.45, 7) is 6.95. The lowest BCUT2D eigenvalue weighted by molar-refractivity contribution is 0.297. The number of likely N-dealkylation sites (N-methyl/N-ethyl adjacent to an activating group) is 1. The fraction of sp³-hybridized carbons (Fsp3) is 0.650. The van der Waals surface area contributed by atoms with Gasteiger partial charge < -0.3 is 20.3 Å². The number of nitrogens with zero attached hydrogens (tertiary/aromatic N) is 2. The summed E-state index contributed by atoms with van der Waals surface area (Å²) in [6.07, 6.45) is 2.56. The molecule has 1 heterocycles. The van der Waals surface area contributed by atoms with Gasteiger partial charge in [0.25, 0.3) is 0 Å². The Bertz CT molecular complexity index is 585. The highest BCUT2D eigenvalue weighted by Crippen LogP contribution is 2.37. The number of nitrogens with one attached hydrogen (secondary N) is 2. The molecule has 0 saturated carbocycles. The predicted octanol–water partition coefficient (Wildman–Crippen LogP) is 3.14. The molecule has 6 heteroatoms. The molecule has 1 aromatic carbocycles. The van der Waals surface area contributed by atoms with E-state index in [9.17, 15) is 0 Å². The first-order chi connectivity index (χ1) is 12.5. The highest BCUT2D eigenvalue weighted by molar-refractivity contribution is 8.00. The standard InChI is InChI=1S/C20H34N4OS/c1-6-21-19(23-15-20(2)11-8-12-26-20)22-14-18(24(3)4)16-9-7-10-17(13-16)25-5/h7,9-10,13,18H,6,8,11-12,14-15H2,1-5H3,(H2,21,22,23). The van der Waals surface area contributed by atoms with Crippen LogP contribution in [-0.2, 0) is 0 Å². The zero-order valence-corrected chi connectivity index (χ0v) is 17.7. The lowest BCUT2D eigenvalue weighted by Gasteiger charge is -2.27. The number of rotatable bonds is 8. The Kier molecular flexibility index (Phi) is 8.10. The van der Waals surface area contributed by atoms with Gasteiger partial charge >= 0.3 is 0 Å². The van der Waals surface area contributed by atoms with E-state index in [1.54, 1.807) is 7.11 Å². The van der Waals surface area contributed by atoms with Gasteiger partial charge in [-0.05, 0) is 64.2 Å². The van der Waals surface area contributed by atoms with Crippen molar-refractivity contribution in [3.05, 3.63) is 29.8 Å². The lowest BCUT2D eigenvalue weighted by atomic mass is 10.1. The SMILES string of the molecule is CCNC(=NCC1(C)CCCS1)NCC(c1cccc(OC)c1)N(C)C. The fourth-order valence-electron chi connectivity index (χ4n) is 3.19. The normalized spacial score (nSPS) is 21.7. The van der Waals surface area contributed by atoms with Crippen molar-refractivity contribution in [2.75, 3.05) is 46.6 Å². The number of benzene rings is 1. The molecule has 2 unspecified atom stereocenters. The maximum atomic E-state index is 5.38. The second-order valence-electron chi connectivity index (χ2n) is 7.23. The van der Waals surface area contributed by atoms with Crippen LogP contribution in [0.15, 0.2) is 29.3 Å². The highest BCUT2D eigenvalue weighted by Gasteiger charge is 2.29. The average molecular weight is 379 g/mol. The Balaban J connectivity index is 2.03. The number of guanidine groups is 1. The number of hydrogen-bond donors (Lipinski definition) is 2. The number of hydrogen-bond acceptors (Lipinski definition) is 4. The van der Waals surface area contributed by atoms with E-state index in [2.05, 4.69) is 67.4 Å². The van der Waals surface area contributed by atoms with Gasteiger partial charge in [0, 0.05) is 17.8 Å². The molecule has 2 N–H and O–H groups in total. The molecule has 2 rings (SSSR count). The molecular weight excluding hydrogens is 344 g/mol. The zero-order valence-electron chi connectivity index (χ0n) is 16.8. The van der Waals surface area contributed by atoms with Crippen LogP contribution in [0.5, 0.6) is 5.75 Å². The second-order valence-corrected chi connectivity index (χ2v) is 8.92. The predicted molar refractivity (Wildman–Crippen MR) is 114 cm³/mol. The highest BCUT2D eigenvalue weighted by atomic mass is 32.2. The Morgan fingerprint density at radius 1 is 1.38 bits per heavy atom. The van der Waals surface area contributed by atoms with Crippen molar-refractivity contribution in [2.45, 2.75) is 37.5 Å². The summed E-state index contributed by atoms with van der Waals surface area (Å²) in [4.78, 5) is 7.08. The molecular formula is C20H34N4OS. The van der Waals surface area contributed by atoms with E-state index in [1.165, 1.54) is 24.2 Å². The van der Waals surface area contributed by atoms with E-state index in [-0.39, 0.29) is 10.8 Å². The minimum absolute atomic E-state index is 0.241. The zero-order chi connectivity index (χ0) is 19.0. The van der Waals surface area contributed by atoms with Crippen molar-refractivity contribution in [1.82, 2.24) is 15.5 Å². The molecule has 0 aromatic heterocycles. The van der Waals surface area contributed by atoms with Gasteiger partial charge in [0.05, 0.1) is 19.7 Å². The van der Waals surface area contributed by atoms with Crippen LogP contribution in [0.1, 0.15) is 38.3 Å². The van der Waals surface area contributed by atoms with Crippen LogP contribution < -0.4 is 15.4 Å². The second kappa shape index (κ2) is 10.1. The van der Waals surface area contributed by atoms with E-state index in [4.69, 9.17) is 9.73 Å². The van der Waals surface area contributed by atoms with Gasteiger partial charge in [-0.1, -0.05) is 12.1 Å². The van der Waals surface area contributed by atoms with Gasteiger partial charge in [-0.25, -0.2) is 0 Å². The van der Waals surface area contributed by atoms with Crippen molar-refractivity contribution in [3.8, 4) is 5.75 Å². The number of methoxy groups -OCH3 is 1. The van der Waals surface area contributed by atoms with Gasteiger partial charge in [0.1, 0.15) is 5.75 Å². The molecule has 1 aliphatic heterocycles. The lowest BCUT2D eigenvalue weighted by Crippen LogP contribution is -2.42. The van der Waals surface area contributed by atoms with E-state index in [0.717, 1.165) is 31.3 Å². The van der Waals surface area contributed by atoms with E-state index < -0.39 is 0 Å². The first kappa shape index (κ1) is 20.9. The number of ether oxygens (including phenoxy) is 1. The van der Waals surface area contributed by atoms with Crippen LogP contribution in [0.3, 0.4) is 0 Å². The Hall–Kier alpha value is -1.40. The van der Waals surface area contributed by atoms with Gasteiger partial charge in [-0.3, -0.25) is 4.99 Å². The summed E-state index contributed by atoms with van der Waals surface area (Å²) in [5, 5.41) is 6.90. The summed E-state index contributed by atoms with van der Waals surface area (Å²) in [5.41, 5.74) is 1.23. The third kappa shape index (κ3) is 6.09. The Morgan fingerprint density at radius 2 is 2.19 bits per heavy atom. The van der Waals surface area contributed by atoms with E-state index in [1.807, 2.05) is 12.1 Å². The molecule has 1 saturated heterocycles. The maximum Gasteiger partial charge on any atom is 0.191 e. The van der Waals surface area contributed by atoms with Crippen molar-refractivity contribution >= 4 is 17.7 Å². The average Bonchev–Trinajstić information content (AvgIpc) is 3.06. The summed E-state index contributed by atoms with van der Waals surface area (Å²) >= 11 is 2.05. The molecule has 0 aliphatic carbocycles. The molecule has 5 nitrogen and oxygen atoms in total. The van der Waals surface area contributed by atoms with Crippen LogP contribution in [-0.4, -0.2) is 62.2 Å². The quantitative estimate of drug-likeness (QED) is 0.538. The van der Waals surface area contributed by atoms with Crippen molar-refractivity contribution in [2.24, 2.45) is 4.99 Å². The Labute approximate surface area is 163 Å². The summed E-state index contributed by atoms with van der Waals surface area (Å²) in [5.74, 6) is 3.05. The molecule has 0 bridgehead atoms. The van der Waals surface area contributed by atoms with Gasteiger partial charge in [-0.15, -0.1) is 0 Å². The van der Waals surface area contributed by atoms with E-state index >= 15 is 0 Å². The monoisotopic (exact) mass is 378 g/mol. The maximum absolute atomic E-state index is 5.38. The van der Waals surface area contributed by atoms with Crippen LogP contribution in [0, 0.1) is 0 Å². The molecule has 0 amide bonds. The Morgan fingerprint density at radius 3 is 2.81 bits per heavy atom. The summed E-state index contributed by atoms with van der Waals surface area (Å²) in [7, 11) is 5.91. The molecule has 0 radical (unpaired) electrons. The van der Waals surface area contributed by atoms with Crippen molar-refractivity contribution in [1.29, 1.82) is 0 Å². The molecule has 1 aliphatic rings. The summed E-state index contributed by atoms with van der Waals surface area (Å²) in [6, 6.07) is 8.52. The molecule has 1 fully saturated rings. The first-order valence-electron chi connectivity index (χ1n) is 9.44. The topological polar surface area (TPSA) is 48.9 Å². The molecule has 146 valence electrons. The van der Waals surface area contributed by atoms with Crippen LogP contribution >= 0.6 is 11.8 Å². The van der Waals surface area contributed by atoms with Gasteiger partial charge in [0.15, 0.2) is 5.96 Å². The third-order valence-corrected chi connectivity index (χ3v) is 6.30. The molecule has 0 spiro atoms. The minimum atomic E-state index is 0.241. The number of aliphatic imine (C=N–C) groups is 1. The minimum Gasteiger partial charge on any atom is -0.497 e. The molecule has 2 atom stereocenters. The van der Waals surface area contributed by atoms with Crippen molar-refractivity contribution in [3.63, 3.8) is 0 Å². The summed E-state index contributed by atoms with van der Waals surface area (Å²) < 4.78 is 5.67. The van der Waals surface area contributed by atoms with Crippen LogP contribution in [0.4, 0.5) is 0 Å².